The van der Waals surface area contributed by atoms with E-state index in [9.17, 15) is 147 Å². The summed E-state index contributed by atoms with van der Waals surface area (Å²) in [6, 6.07) is 2.13. The van der Waals surface area contributed by atoms with Crippen LogP contribution in [0.25, 0.3) is 0 Å². The number of Topliss-reactive ketones (excluding diaryl/α,β-unsaturated/α-hetero) is 3. The Morgan fingerprint density at radius 1 is 0.338 bits per heavy atom. The Balaban J connectivity index is 0. The van der Waals surface area contributed by atoms with Crippen LogP contribution in [0.3, 0.4) is 0 Å². The van der Waals surface area contributed by atoms with Crippen molar-refractivity contribution < 1.29 is 161 Å². The molecule has 0 aliphatic carbocycles. The zero-order valence-electron chi connectivity index (χ0n) is 34.8. The quantitative estimate of drug-likeness (QED) is 0.0425. The summed E-state index contributed by atoms with van der Waals surface area (Å²) in [5.74, 6) is -11.1. The summed E-state index contributed by atoms with van der Waals surface area (Å²) < 4.78 is 293. The van der Waals surface area contributed by atoms with Gasteiger partial charge in [0, 0.05) is 0 Å². The van der Waals surface area contributed by atoms with Gasteiger partial charge in [0.25, 0.3) is 17.3 Å². The van der Waals surface area contributed by atoms with Gasteiger partial charge in [0.1, 0.15) is 111 Å². The number of benzene rings is 3. The monoisotopic (exact) mass is 1290 g/mol. The van der Waals surface area contributed by atoms with Gasteiger partial charge < -0.3 is 42.6 Å². The van der Waals surface area contributed by atoms with Crippen LogP contribution in [-0.2, 0) is 91.1 Å². The molecule has 0 unspecified atom stereocenters. The standard InChI is InChI=1S/3C9H5NO12S3.2Al/c3*10-2-5(12)3-1-4(11)7(23(14,15)16)8(24(17,18)19)6(3)9(13)25(20,21)22;;/h3*1,11H,(H,14,15,16)(H,17,18,19)(H,20,21,22);;/q;;;2*+3/p-6. The van der Waals surface area contributed by atoms with E-state index in [1.807, 2.05) is 0 Å². The maximum absolute atomic E-state index is 11.7. The van der Waals surface area contributed by atoms with Crippen molar-refractivity contribution in [2.45, 2.75) is 29.4 Å². The van der Waals surface area contributed by atoms with Crippen LogP contribution in [0, 0.1) is 34.0 Å². The van der Waals surface area contributed by atoms with E-state index < -0.39 is 204 Å². The summed E-state index contributed by atoms with van der Waals surface area (Å²) in [7, 11) is -54.1. The maximum Gasteiger partial charge on any atom is 3.00 e. The number of carbonyl (C=O) groups excluding carboxylic acids is 6. The Kier molecular flexibility index (Phi) is 22.9. The second kappa shape index (κ2) is 24.2. The molecular formula is C27H9Al2N3O36S9. The van der Waals surface area contributed by atoms with Gasteiger partial charge in [-0.15, -0.1) is 0 Å². The molecule has 0 aromatic heterocycles. The topological polar surface area (TPSA) is 741 Å². The van der Waals surface area contributed by atoms with Crippen LogP contribution in [0.4, 0.5) is 0 Å². The number of carbonyl (C=O) groups is 6. The Morgan fingerprint density at radius 2 is 0.481 bits per heavy atom. The van der Waals surface area contributed by atoms with Crippen LogP contribution < -0.4 is 0 Å². The molecule has 3 rings (SSSR count). The summed E-state index contributed by atoms with van der Waals surface area (Å²) in [4.78, 5) is 55.5. The van der Waals surface area contributed by atoms with Gasteiger partial charge in [-0.3, -0.25) is 42.4 Å². The van der Waals surface area contributed by atoms with Gasteiger partial charge in [-0.2, -0.15) is 41.0 Å². The van der Waals surface area contributed by atoms with Gasteiger partial charge in [-0.25, -0.2) is 50.5 Å². The first-order valence-electron chi connectivity index (χ1n) is 15.9. The van der Waals surface area contributed by atoms with Crippen molar-refractivity contribution in [3.05, 3.63) is 51.6 Å². The fourth-order valence-corrected chi connectivity index (χ4v) is 12.8. The van der Waals surface area contributed by atoms with Crippen molar-refractivity contribution in [1.29, 1.82) is 15.8 Å². The van der Waals surface area contributed by atoms with Crippen LogP contribution in [0.2, 0.25) is 0 Å². The molecule has 0 spiro atoms. The Bertz CT molecular complexity index is 3910. The Morgan fingerprint density at radius 3 is 0.584 bits per heavy atom. The third-order valence-corrected chi connectivity index (χ3v) is 15.4. The van der Waals surface area contributed by atoms with Gasteiger partial charge >= 0.3 is 80.4 Å². The van der Waals surface area contributed by atoms with Crippen molar-refractivity contribution in [1.82, 2.24) is 0 Å². The molecule has 0 fully saturated rings. The molecule has 0 aliphatic heterocycles. The first kappa shape index (κ1) is 72.9. The number of nitriles is 3. The molecule has 3 aromatic rings. The van der Waals surface area contributed by atoms with Crippen molar-refractivity contribution >= 4 is 158 Å². The minimum absolute atomic E-state index is 0. The molecule has 0 radical (unpaired) electrons. The van der Waals surface area contributed by atoms with E-state index in [2.05, 4.69) is 0 Å². The molecule has 0 aliphatic rings. The van der Waals surface area contributed by atoms with Gasteiger partial charge in [0.05, 0.1) is 48.1 Å². The molecular weight excluding hydrogens is 1280 g/mol. The minimum Gasteiger partial charge on any atom is -0.744 e. The molecule has 408 valence electrons. The fraction of sp³-hybridized carbons (Fsp3) is 0. The zero-order valence-corrected chi connectivity index (χ0v) is 44.5. The van der Waals surface area contributed by atoms with Crippen molar-refractivity contribution in [2.24, 2.45) is 0 Å². The van der Waals surface area contributed by atoms with Gasteiger partial charge in [0.2, 0.25) is 0 Å². The van der Waals surface area contributed by atoms with E-state index in [1.165, 1.54) is 0 Å². The summed E-state index contributed by atoms with van der Waals surface area (Å²) in [6.45, 7) is 0. The molecule has 3 aromatic carbocycles. The molecule has 77 heavy (non-hydrogen) atoms. The first-order valence-corrected chi connectivity index (χ1v) is 28.7. The molecule has 0 saturated heterocycles. The molecule has 0 amide bonds. The maximum atomic E-state index is 11.7. The van der Waals surface area contributed by atoms with Crippen molar-refractivity contribution in [2.75, 3.05) is 0 Å². The van der Waals surface area contributed by atoms with Gasteiger partial charge in [-0.1, -0.05) is 0 Å². The predicted octanol–water partition coefficient (Wildman–Crippen LogP) is -6.96. The molecule has 0 atom stereocenters. The zero-order chi connectivity index (χ0) is 59.9. The number of nitrogens with zero attached hydrogens (tertiary/aromatic N) is 3. The molecule has 0 heterocycles. The average molecular weight is 1290 g/mol. The normalized spacial score (nSPS) is 12.1. The SMILES string of the molecule is N#CC(=O)c1cc(O)c(S(=O)(=O)[O-])c(S(=O)(=O)[O-])c1C(=O)S(=O)(=O)O.N#CC(=O)c1cc(O)c(S(=O)(=O)[O-])c(S(=O)(=O)[O-])c1C(=O)S(=O)(=O)O.N#CC(=O)c1cc(O)c(S(=O)(=O)[O-])c(S(=O)(=O)[O-])c1C(=O)S(=O)(=O)O.[Al+3].[Al+3]. The van der Waals surface area contributed by atoms with E-state index in [0.717, 1.165) is 18.2 Å². The minimum atomic E-state index is -6.19. The number of phenols is 3. The number of hydrogen-bond donors (Lipinski definition) is 6. The van der Waals surface area contributed by atoms with Crippen LogP contribution in [0.5, 0.6) is 17.2 Å². The summed E-state index contributed by atoms with van der Waals surface area (Å²) in [5.41, 5.74) is -10.8. The summed E-state index contributed by atoms with van der Waals surface area (Å²) in [6.07, 6.45) is 0. The number of rotatable bonds is 12. The number of hydrogen-bond acceptors (Lipinski definition) is 36. The summed E-state index contributed by atoms with van der Waals surface area (Å²) >= 11 is 0. The van der Waals surface area contributed by atoms with Crippen molar-refractivity contribution in [3.63, 3.8) is 0 Å². The van der Waals surface area contributed by atoms with Crippen LogP contribution in [0.1, 0.15) is 62.1 Å². The Labute approximate surface area is 448 Å². The third kappa shape index (κ3) is 16.9. The summed E-state index contributed by atoms with van der Waals surface area (Å²) in [5, 5.41) is 45.9. The second-order valence-electron chi connectivity index (χ2n) is 12.3. The van der Waals surface area contributed by atoms with E-state index >= 15 is 0 Å². The van der Waals surface area contributed by atoms with Crippen LogP contribution >= 0.6 is 0 Å². The molecule has 50 heteroatoms. The molecule has 6 N–H and O–H groups in total. The van der Waals surface area contributed by atoms with Crippen LogP contribution in [-0.4, -0.2) is 199 Å². The molecule has 39 nitrogen and oxygen atoms in total. The fourth-order valence-electron chi connectivity index (χ4n) is 5.03. The van der Waals surface area contributed by atoms with E-state index in [4.69, 9.17) is 29.4 Å². The largest absolute Gasteiger partial charge is 3.00 e. The van der Waals surface area contributed by atoms with Crippen LogP contribution in [0.15, 0.2) is 47.6 Å². The second-order valence-corrected chi connectivity index (χ2v) is 24.1. The van der Waals surface area contributed by atoms with Gasteiger partial charge in [-0.05, 0) is 18.2 Å². The Hall–Kier alpha value is -6.20. The average Bonchev–Trinajstić information content (AvgIpc) is 3.20. The van der Waals surface area contributed by atoms with E-state index in [1.54, 1.807) is 0 Å². The number of aromatic hydroxyl groups is 3. The molecule has 0 bridgehead atoms. The van der Waals surface area contributed by atoms with Gasteiger partial charge in [0.15, 0.2) is 0 Å². The third-order valence-electron chi connectivity index (χ3n) is 7.50. The number of phenolic OH excluding ortho intramolecular Hbond substituents is 3. The van der Waals surface area contributed by atoms with E-state index in [0.29, 0.717) is 0 Å². The van der Waals surface area contributed by atoms with E-state index in [-0.39, 0.29) is 52.9 Å². The molecule has 0 saturated carbocycles. The smallest absolute Gasteiger partial charge is 0.744 e. The predicted molar refractivity (Wildman–Crippen MR) is 221 cm³/mol. The number of ketones is 3. The first-order chi connectivity index (χ1) is 33.1. The van der Waals surface area contributed by atoms with Crippen molar-refractivity contribution in [3.8, 4) is 35.5 Å².